The summed E-state index contributed by atoms with van der Waals surface area (Å²) in [4.78, 5) is 48.2. The predicted molar refractivity (Wildman–Crippen MR) is 139 cm³/mol. The van der Waals surface area contributed by atoms with Crippen molar-refractivity contribution in [2.45, 2.75) is 84.1 Å². The highest BCUT2D eigenvalue weighted by Gasteiger charge is 2.52. The van der Waals surface area contributed by atoms with E-state index in [0.29, 0.717) is 10.6 Å². The van der Waals surface area contributed by atoms with Crippen molar-refractivity contribution in [3.8, 4) is 11.4 Å². The number of rotatable bonds is 8. The van der Waals surface area contributed by atoms with Crippen LogP contribution in [0.15, 0.2) is 24.3 Å². The Labute approximate surface area is 230 Å². The molecule has 5 atom stereocenters. The van der Waals surface area contributed by atoms with Crippen LogP contribution in [0, 0.1) is 11.7 Å². The van der Waals surface area contributed by atoms with Gasteiger partial charge < -0.3 is 24.3 Å². The first kappa shape index (κ1) is 28.4. The Morgan fingerprint density at radius 1 is 1.00 bits per heavy atom. The minimum absolute atomic E-state index is 0.153. The van der Waals surface area contributed by atoms with Crippen LogP contribution in [0.4, 0.5) is 0 Å². The highest BCUT2D eigenvalue weighted by atomic mass is 32.1. The van der Waals surface area contributed by atoms with Crippen LogP contribution in [0.2, 0.25) is 0 Å². The number of ether oxygens (including phenoxy) is 4. The minimum Gasteiger partial charge on any atom is -0.463 e. The summed E-state index contributed by atoms with van der Waals surface area (Å²) in [7, 11) is 0. The fraction of sp³-hybridized carbons (Fsp3) is 0.538. The lowest BCUT2D eigenvalue weighted by molar-refractivity contribution is -0.239. The lowest BCUT2D eigenvalue weighted by atomic mass is 9.95. The van der Waals surface area contributed by atoms with Crippen molar-refractivity contribution in [1.82, 2.24) is 19.7 Å². The van der Waals surface area contributed by atoms with Gasteiger partial charge in [-0.3, -0.25) is 23.7 Å². The Kier molecular flexibility index (Phi) is 8.50. The topological polar surface area (TPSA) is 140 Å². The molecule has 210 valence electrons. The van der Waals surface area contributed by atoms with E-state index in [9.17, 15) is 19.2 Å². The number of carbonyl (C=O) groups excluding carboxylic acids is 4. The third-order valence-electron chi connectivity index (χ3n) is 6.39. The van der Waals surface area contributed by atoms with Crippen molar-refractivity contribution in [3.63, 3.8) is 0 Å². The molecule has 0 unspecified atom stereocenters. The molecule has 1 saturated heterocycles. The van der Waals surface area contributed by atoms with E-state index in [-0.39, 0.29) is 12.6 Å². The molecule has 1 aromatic heterocycles. The average molecular weight is 561 g/mol. The molecule has 2 heterocycles. The zero-order valence-corrected chi connectivity index (χ0v) is 23.2. The van der Waals surface area contributed by atoms with Crippen LogP contribution >= 0.6 is 12.2 Å². The van der Waals surface area contributed by atoms with Crippen LogP contribution in [0.25, 0.3) is 11.4 Å². The summed E-state index contributed by atoms with van der Waals surface area (Å²) in [6.45, 7) is 6.59. The van der Waals surface area contributed by atoms with Crippen molar-refractivity contribution >= 4 is 36.0 Å². The first-order valence-electron chi connectivity index (χ1n) is 12.6. The molecule has 1 aromatic carbocycles. The quantitative estimate of drug-likeness (QED) is 0.291. The van der Waals surface area contributed by atoms with E-state index in [1.165, 1.54) is 32.4 Å². The fourth-order valence-corrected chi connectivity index (χ4v) is 5.02. The molecule has 0 spiro atoms. The maximum atomic E-state index is 12.3. The van der Waals surface area contributed by atoms with Crippen molar-refractivity contribution in [3.05, 3.63) is 34.6 Å². The van der Waals surface area contributed by atoms with Gasteiger partial charge in [-0.1, -0.05) is 29.8 Å². The molecule has 1 amide bonds. The molecule has 2 fully saturated rings. The van der Waals surface area contributed by atoms with Gasteiger partial charge in [-0.15, -0.1) is 5.10 Å². The second-order valence-corrected chi connectivity index (χ2v) is 10.1. The molecule has 2 aromatic rings. The van der Waals surface area contributed by atoms with E-state index in [0.717, 1.165) is 24.0 Å². The Bertz CT molecular complexity index is 1320. The number of esters is 3. The smallest absolute Gasteiger partial charge is 0.303 e. The van der Waals surface area contributed by atoms with Crippen LogP contribution in [0.3, 0.4) is 0 Å². The first-order valence-corrected chi connectivity index (χ1v) is 13.1. The lowest BCUT2D eigenvalue weighted by Gasteiger charge is -2.45. The SMILES string of the molecule is CC(=O)N[C@@H]1[C@@H](OC(C)=O)[C@H](OC(C)=O)[C@@H](COC(C)=O)O[C@H]1n1nc(-c2ccc(C)cc2)n(C2CC2)c1=S. The largest absolute Gasteiger partial charge is 0.463 e. The van der Waals surface area contributed by atoms with Gasteiger partial charge >= 0.3 is 17.9 Å². The molecular weight excluding hydrogens is 528 g/mol. The third-order valence-corrected chi connectivity index (χ3v) is 6.77. The summed E-state index contributed by atoms with van der Waals surface area (Å²) in [5.41, 5.74) is 1.93. The standard InChI is InChI=1S/C26H32N4O8S/c1-13-6-8-18(9-7-13)24-28-30(26(39)29(24)19-10-11-19)25-21(27-14(2)31)23(37-17(5)34)22(36-16(4)33)20(38-25)12-35-15(3)32/h6-9,19-23,25H,10-12H2,1-5H3,(H,27,31)/t20-,21-,22-,23-,25-/m1/s1. The number of nitrogens with zero attached hydrogens (tertiary/aromatic N) is 3. The first-order chi connectivity index (χ1) is 18.5. The maximum absolute atomic E-state index is 12.3. The third kappa shape index (κ3) is 6.53. The number of hydrogen-bond acceptors (Lipinski definition) is 10. The maximum Gasteiger partial charge on any atom is 0.303 e. The number of amides is 1. The molecule has 1 N–H and O–H groups in total. The van der Waals surface area contributed by atoms with Crippen LogP contribution < -0.4 is 5.32 Å². The van der Waals surface area contributed by atoms with E-state index in [4.69, 9.17) is 36.3 Å². The Balaban J connectivity index is 1.85. The minimum atomic E-state index is -1.20. The van der Waals surface area contributed by atoms with Gasteiger partial charge in [0, 0.05) is 39.3 Å². The summed E-state index contributed by atoms with van der Waals surface area (Å²) >= 11 is 5.87. The molecule has 1 saturated carbocycles. The number of benzene rings is 1. The van der Waals surface area contributed by atoms with Crippen molar-refractivity contribution < 1.29 is 38.1 Å². The summed E-state index contributed by atoms with van der Waals surface area (Å²) in [6, 6.07) is 6.95. The van der Waals surface area contributed by atoms with Gasteiger partial charge in [0.25, 0.3) is 0 Å². The summed E-state index contributed by atoms with van der Waals surface area (Å²) in [5.74, 6) is -1.76. The monoisotopic (exact) mass is 560 g/mol. The second-order valence-electron chi connectivity index (χ2n) is 9.76. The van der Waals surface area contributed by atoms with Crippen LogP contribution in [-0.2, 0) is 38.1 Å². The van der Waals surface area contributed by atoms with Gasteiger partial charge in [0.15, 0.2) is 24.3 Å². The van der Waals surface area contributed by atoms with Gasteiger partial charge in [-0.05, 0) is 32.0 Å². The highest BCUT2D eigenvalue weighted by molar-refractivity contribution is 7.71. The Hall–Kier alpha value is -3.58. The number of aryl methyl sites for hydroxylation is 1. The molecule has 2 aliphatic rings. The molecule has 0 bridgehead atoms. The zero-order chi connectivity index (χ0) is 28.4. The van der Waals surface area contributed by atoms with Crippen LogP contribution in [0.5, 0.6) is 0 Å². The number of carbonyl (C=O) groups is 4. The van der Waals surface area contributed by atoms with Crippen molar-refractivity contribution in [2.24, 2.45) is 0 Å². The molecule has 12 nitrogen and oxygen atoms in total. The molecule has 13 heteroatoms. The highest BCUT2D eigenvalue weighted by Crippen LogP contribution is 2.40. The van der Waals surface area contributed by atoms with Crippen LogP contribution in [0.1, 0.15) is 58.4 Å². The van der Waals surface area contributed by atoms with Crippen LogP contribution in [-0.4, -0.2) is 69.1 Å². The van der Waals surface area contributed by atoms with E-state index in [2.05, 4.69) is 5.32 Å². The molecular formula is C26H32N4O8S. The Morgan fingerprint density at radius 3 is 2.15 bits per heavy atom. The van der Waals surface area contributed by atoms with E-state index in [1.54, 1.807) is 0 Å². The molecule has 0 radical (unpaired) electrons. The van der Waals surface area contributed by atoms with Crippen molar-refractivity contribution in [1.29, 1.82) is 0 Å². The normalized spacial score (nSPS) is 24.5. The molecule has 1 aliphatic heterocycles. The molecule has 39 heavy (non-hydrogen) atoms. The molecule has 4 rings (SSSR count). The second kappa shape index (κ2) is 11.7. The van der Waals surface area contributed by atoms with E-state index in [1.807, 2.05) is 35.8 Å². The molecule has 1 aliphatic carbocycles. The fourth-order valence-electron chi connectivity index (χ4n) is 4.64. The summed E-state index contributed by atoms with van der Waals surface area (Å²) in [6.07, 6.45) is -2.70. The lowest BCUT2D eigenvalue weighted by Crippen LogP contribution is -2.64. The number of aromatic nitrogens is 3. The number of nitrogens with one attached hydrogen (secondary N) is 1. The van der Waals surface area contributed by atoms with Crippen molar-refractivity contribution in [2.75, 3.05) is 6.61 Å². The van der Waals surface area contributed by atoms with Gasteiger partial charge in [0.1, 0.15) is 18.8 Å². The average Bonchev–Trinajstić information content (AvgIpc) is 3.62. The van der Waals surface area contributed by atoms with E-state index >= 15 is 0 Å². The number of hydrogen-bond donors (Lipinski definition) is 1. The summed E-state index contributed by atoms with van der Waals surface area (Å²) in [5, 5.41) is 7.59. The summed E-state index contributed by atoms with van der Waals surface area (Å²) < 4.78 is 26.4. The Morgan fingerprint density at radius 2 is 1.62 bits per heavy atom. The van der Waals surface area contributed by atoms with Gasteiger partial charge in [-0.25, -0.2) is 4.68 Å². The van der Waals surface area contributed by atoms with E-state index < -0.39 is 54.4 Å². The van der Waals surface area contributed by atoms with Gasteiger partial charge in [-0.2, -0.15) is 0 Å². The van der Waals surface area contributed by atoms with Gasteiger partial charge in [0.2, 0.25) is 10.7 Å². The predicted octanol–water partition coefficient (Wildman–Crippen LogP) is 2.55. The zero-order valence-electron chi connectivity index (χ0n) is 22.4. The van der Waals surface area contributed by atoms with Gasteiger partial charge in [0.05, 0.1) is 0 Å².